The first kappa shape index (κ1) is 17.5. The Bertz CT molecular complexity index is 547. The van der Waals surface area contributed by atoms with Crippen molar-refractivity contribution in [2.75, 3.05) is 39.4 Å². The summed E-state index contributed by atoms with van der Waals surface area (Å²) in [5.41, 5.74) is 0.592. The number of nitrogens with zero attached hydrogens (tertiary/aromatic N) is 2. The van der Waals surface area contributed by atoms with E-state index in [9.17, 15) is 9.59 Å². The van der Waals surface area contributed by atoms with E-state index < -0.39 is 0 Å². The van der Waals surface area contributed by atoms with Gasteiger partial charge in [0.1, 0.15) is 11.5 Å². The van der Waals surface area contributed by atoms with E-state index in [0.717, 1.165) is 12.2 Å². The molecule has 128 valence electrons. The molecule has 2 amide bonds. The number of furan rings is 1. The topological polar surface area (TPSA) is 63.0 Å². The molecule has 0 saturated carbocycles. The van der Waals surface area contributed by atoms with Gasteiger partial charge in [0.25, 0.3) is 5.91 Å². The average Bonchev–Trinajstić information content (AvgIpc) is 2.89. The van der Waals surface area contributed by atoms with Gasteiger partial charge in [-0.25, -0.2) is 0 Å². The summed E-state index contributed by atoms with van der Waals surface area (Å²) < 4.78 is 10.7. The van der Waals surface area contributed by atoms with Crippen LogP contribution in [0.4, 0.5) is 0 Å². The maximum atomic E-state index is 12.7. The number of carbonyl (C=O) groups excluding carboxylic acids is 2. The molecular weight excluding hydrogens is 296 g/mol. The van der Waals surface area contributed by atoms with Gasteiger partial charge in [0, 0.05) is 32.6 Å². The lowest BCUT2D eigenvalue weighted by atomic mass is 10.2. The van der Waals surface area contributed by atoms with Crippen LogP contribution in [0.2, 0.25) is 0 Å². The summed E-state index contributed by atoms with van der Waals surface area (Å²) in [5, 5.41) is 0. The highest BCUT2D eigenvalue weighted by Gasteiger charge is 2.22. The number of rotatable bonds is 6. The van der Waals surface area contributed by atoms with Gasteiger partial charge in [0.05, 0.1) is 18.8 Å². The third kappa shape index (κ3) is 4.58. The fraction of sp³-hybridized carbons (Fsp3) is 0.647. The molecule has 1 fully saturated rings. The quantitative estimate of drug-likeness (QED) is 0.803. The predicted molar refractivity (Wildman–Crippen MR) is 86.4 cm³/mol. The molecule has 0 atom stereocenters. The molecule has 1 aromatic heterocycles. The van der Waals surface area contributed by atoms with Crippen LogP contribution in [-0.4, -0.2) is 61.0 Å². The second-order valence-corrected chi connectivity index (χ2v) is 5.86. The second kappa shape index (κ2) is 8.15. The van der Waals surface area contributed by atoms with Crippen molar-refractivity contribution in [1.82, 2.24) is 9.80 Å². The molecule has 23 heavy (non-hydrogen) atoms. The van der Waals surface area contributed by atoms with Gasteiger partial charge in [0.2, 0.25) is 5.91 Å². The van der Waals surface area contributed by atoms with Gasteiger partial charge in [-0.05, 0) is 26.3 Å². The minimum Gasteiger partial charge on any atom is -0.466 e. The Morgan fingerprint density at radius 2 is 1.91 bits per heavy atom. The number of hydrogen-bond acceptors (Lipinski definition) is 4. The second-order valence-electron chi connectivity index (χ2n) is 5.86. The van der Waals surface area contributed by atoms with E-state index in [4.69, 9.17) is 9.15 Å². The molecule has 2 rings (SSSR count). The Kier molecular flexibility index (Phi) is 6.21. The largest absolute Gasteiger partial charge is 0.466 e. The first-order valence-electron chi connectivity index (χ1n) is 8.24. The molecule has 0 radical (unpaired) electrons. The summed E-state index contributed by atoms with van der Waals surface area (Å²) in [7, 11) is 0. The highest BCUT2D eigenvalue weighted by atomic mass is 16.5. The van der Waals surface area contributed by atoms with Crippen molar-refractivity contribution >= 4 is 11.8 Å². The van der Waals surface area contributed by atoms with Crippen LogP contribution in [-0.2, 0) is 9.53 Å². The average molecular weight is 322 g/mol. The van der Waals surface area contributed by atoms with Crippen molar-refractivity contribution in [3.05, 3.63) is 23.2 Å². The number of amides is 2. The van der Waals surface area contributed by atoms with Crippen LogP contribution in [0.3, 0.4) is 0 Å². The van der Waals surface area contributed by atoms with Gasteiger partial charge in [-0.1, -0.05) is 6.92 Å². The van der Waals surface area contributed by atoms with Crippen LogP contribution < -0.4 is 0 Å². The highest BCUT2D eigenvalue weighted by Crippen LogP contribution is 2.16. The summed E-state index contributed by atoms with van der Waals surface area (Å²) in [6, 6.07) is 1.77. The molecular formula is C17H26N2O4. The maximum absolute atomic E-state index is 12.7. The molecule has 1 saturated heterocycles. The van der Waals surface area contributed by atoms with E-state index in [2.05, 4.69) is 0 Å². The van der Waals surface area contributed by atoms with Crippen LogP contribution in [0.25, 0.3) is 0 Å². The van der Waals surface area contributed by atoms with E-state index in [1.807, 2.05) is 18.7 Å². The number of hydrogen-bond donors (Lipinski definition) is 0. The zero-order chi connectivity index (χ0) is 16.8. The Morgan fingerprint density at radius 3 is 2.48 bits per heavy atom. The van der Waals surface area contributed by atoms with E-state index in [-0.39, 0.29) is 11.8 Å². The van der Waals surface area contributed by atoms with Gasteiger partial charge in [-0.2, -0.15) is 0 Å². The summed E-state index contributed by atoms with van der Waals surface area (Å²) in [6.45, 7) is 9.19. The van der Waals surface area contributed by atoms with E-state index in [1.165, 1.54) is 0 Å². The summed E-state index contributed by atoms with van der Waals surface area (Å²) in [6.07, 6.45) is 1.20. The molecule has 0 bridgehead atoms. The molecule has 0 aliphatic carbocycles. The number of carbonyl (C=O) groups is 2. The van der Waals surface area contributed by atoms with Crippen LogP contribution >= 0.6 is 0 Å². The van der Waals surface area contributed by atoms with Crippen molar-refractivity contribution in [2.45, 2.75) is 33.6 Å². The molecule has 1 aliphatic heterocycles. The monoisotopic (exact) mass is 322 g/mol. The third-order valence-electron chi connectivity index (χ3n) is 4.01. The Balaban J connectivity index is 1.96. The van der Waals surface area contributed by atoms with Crippen molar-refractivity contribution < 1.29 is 18.7 Å². The molecule has 0 spiro atoms. The standard InChI is InChI=1S/C17H26N2O4/c1-4-6-19(17(21)15-12-13(2)23-14(15)3)7-5-16(20)18-8-10-22-11-9-18/h12H,4-11H2,1-3H3. The zero-order valence-corrected chi connectivity index (χ0v) is 14.3. The van der Waals surface area contributed by atoms with Crippen LogP contribution in [0.5, 0.6) is 0 Å². The first-order valence-corrected chi connectivity index (χ1v) is 8.24. The minimum absolute atomic E-state index is 0.0593. The Labute approximate surface area is 137 Å². The smallest absolute Gasteiger partial charge is 0.257 e. The van der Waals surface area contributed by atoms with Crippen molar-refractivity contribution in [3.8, 4) is 0 Å². The number of ether oxygens (including phenoxy) is 1. The molecule has 6 heteroatoms. The number of aryl methyl sites for hydroxylation is 2. The van der Waals surface area contributed by atoms with Gasteiger partial charge in [-0.3, -0.25) is 9.59 Å². The summed E-state index contributed by atoms with van der Waals surface area (Å²) in [4.78, 5) is 28.5. The summed E-state index contributed by atoms with van der Waals surface area (Å²) in [5.74, 6) is 1.39. The van der Waals surface area contributed by atoms with Crippen LogP contribution in [0, 0.1) is 13.8 Å². The van der Waals surface area contributed by atoms with Gasteiger partial charge < -0.3 is 19.0 Å². The third-order valence-corrected chi connectivity index (χ3v) is 4.01. The van der Waals surface area contributed by atoms with Crippen LogP contribution in [0.15, 0.2) is 10.5 Å². The van der Waals surface area contributed by atoms with E-state index >= 15 is 0 Å². The van der Waals surface area contributed by atoms with Crippen molar-refractivity contribution in [2.24, 2.45) is 0 Å². The molecule has 1 aromatic rings. The zero-order valence-electron chi connectivity index (χ0n) is 14.3. The predicted octanol–water partition coefficient (Wildman–Crippen LogP) is 2.00. The maximum Gasteiger partial charge on any atom is 0.257 e. The van der Waals surface area contributed by atoms with Crippen molar-refractivity contribution in [1.29, 1.82) is 0 Å². The Morgan fingerprint density at radius 1 is 1.22 bits per heavy atom. The molecule has 2 heterocycles. The van der Waals surface area contributed by atoms with Gasteiger partial charge in [-0.15, -0.1) is 0 Å². The van der Waals surface area contributed by atoms with Crippen LogP contribution in [0.1, 0.15) is 41.6 Å². The van der Waals surface area contributed by atoms with E-state index in [0.29, 0.717) is 57.1 Å². The normalized spacial score (nSPS) is 14.8. The lowest BCUT2D eigenvalue weighted by Crippen LogP contribution is -2.42. The molecule has 1 aliphatic rings. The van der Waals surface area contributed by atoms with Crippen molar-refractivity contribution in [3.63, 3.8) is 0 Å². The SMILES string of the molecule is CCCN(CCC(=O)N1CCOCC1)C(=O)c1cc(C)oc1C. The van der Waals surface area contributed by atoms with E-state index in [1.54, 1.807) is 17.9 Å². The summed E-state index contributed by atoms with van der Waals surface area (Å²) >= 11 is 0. The molecule has 0 unspecified atom stereocenters. The fourth-order valence-corrected chi connectivity index (χ4v) is 2.80. The highest BCUT2D eigenvalue weighted by molar-refractivity contribution is 5.95. The molecule has 0 N–H and O–H groups in total. The molecule has 6 nitrogen and oxygen atoms in total. The van der Waals surface area contributed by atoms with Gasteiger partial charge in [0.15, 0.2) is 0 Å². The fourth-order valence-electron chi connectivity index (χ4n) is 2.80. The number of morpholine rings is 1. The Hall–Kier alpha value is -1.82. The first-order chi connectivity index (χ1) is 11.0. The lowest BCUT2D eigenvalue weighted by molar-refractivity contribution is -0.135. The van der Waals surface area contributed by atoms with Gasteiger partial charge >= 0.3 is 0 Å². The molecule has 0 aromatic carbocycles. The minimum atomic E-state index is -0.0593. The lowest BCUT2D eigenvalue weighted by Gasteiger charge is -2.28.